The van der Waals surface area contributed by atoms with Crippen LogP contribution in [0.2, 0.25) is 0 Å². The summed E-state index contributed by atoms with van der Waals surface area (Å²) in [6.45, 7) is 2.34. The number of thiophene rings is 1. The van der Waals surface area contributed by atoms with E-state index in [0.717, 1.165) is 19.5 Å². The minimum absolute atomic E-state index is 0.0843. The summed E-state index contributed by atoms with van der Waals surface area (Å²) in [6, 6.07) is 12.6. The van der Waals surface area contributed by atoms with Gasteiger partial charge in [-0.05, 0) is 29.0 Å². The van der Waals surface area contributed by atoms with Gasteiger partial charge in [0, 0.05) is 36.9 Å². The summed E-state index contributed by atoms with van der Waals surface area (Å²) >= 11 is 1.83. The van der Waals surface area contributed by atoms with Crippen molar-refractivity contribution in [2.24, 2.45) is 0 Å². The second kappa shape index (κ2) is 7.85. The quantitative estimate of drug-likeness (QED) is 0.712. The zero-order chi connectivity index (χ0) is 18.6. The molecule has 0 fully saturated rings. The normalized spacial score (nSPS) is 15.1. The molecule has 1 amide bonds. The van der Waals surface area contributed by atoms with E-state index in [1.807, 2.05) is 29.5 Å². The largest absolute Gasteiger partial charge is 0.382 e. The third-order valence-corrected chi connectivity index (χ3v) is 5.88. The number of nitrogens with one attached hydrogen (secondary N) is 1. The molecule has 3 heterocycles. The molecule has 0 bridgehead atoms. The van der Waals surface area contributed by atoms with E-state index in [0.29, 0.717) is 6.54 Å². The van der Waals surface area contributed by atoms with Crippen LogP contribution in [0, 0.1) is 0 Å². The molecule has 0 saturated heterocycles. The van der Waals surface area contributed by atoms with Gasteiger partial charge >= 0.3 is 0 Å². The molecule has 27 heavy (non-hydrogen) atoms. The Bertz CT molecular complexity index is 927. The Morgan fingerprint density at radius 3 is 2.85 bits per heavy atom. The number of fused-ring (bicyclic) bond motifs is 1. The third-order valence-electron chi connectivity index (χ3n) is 4.86. The first-order valence-corrected chi connectivity index (χ1v) is 9.79. The summed E-state index contributed by atoms with van der Waals surface area (Å²) in [7, 11) is 0. The highest BCUT2D eigenvalue weighted by molar-refractivity contribution is 7.10. The SMILES string of the molecule is Nc1nccnc1C(=O)NCC(c1ccccc1)N1CCc2sccc2C1. The van der Waals surface area contributed by atoms with Crippen LogP contribution >= 0.6 is 11.3 Å². The van der Waals surface area contributed by atoms with Crippen LogP contribution in [0.4, 0.5) is 5.82 Å². The second-order valence-corrected chi connectivity index (χ2v) is 7.52. The van der Waals surface area contributed by atoms with Crippen LogP contribution in [0.1, 0.15) is 32.5 Å². The number of aromatic nitrogens is 2. The molecule has 1 aliphatic rings. The summed E-state index contributed by atoms with van der Waals surface area (Å²) in [6.07, 6.45) is 4.00. The highest BCUT2D eigenvalue weighted by Crippen LogP contribution is 2.30. The number of nitrogen functional groups attached to an aromatic ring is 1. The van der Waals surface area contributed by atoms with E-state index in [9.17, 15) is 4.79 Å². The number of rotatable bonds is 5. The Hall–Kier alpha value is -2.77. The Morgan fingerprint density at radius 1 is 1.22 bits per heavy atom. The van der Waals surface area contributed by atoms with Crippen molar-refractivity contribution in [2.45, 2.75) is 19.0 Å². The van der Waals surface area contributed by atoms with Crippen molar-refractivity contribution in [1.29, 1.82) is 0 Å². The van der Waals surface area contributed by atoms with Gasteiger partial charge in [0.1, 0.15) is 0 Å². The van der Waals surface area contributed by atoms with Crippen molar-refractivity contribution in [3.63, 3.8) is 0 Å². The fraction of sp³-hybridized carbons (Fsp3) is 0.250. The molecule has 0 saturated carbocycles. The number of hydrogen-bond donors (Lipinski definition) is 2. The lowest BCUT2D eigenvalue weighted by Crippen LogP contribution is -2.40. The van der Waals surface area contributed by atoms with Crippen molar-refractivity contribution in [3.8, 4) is 0 Å². The van der Waals surface area contributed by atoms with E-state index in [2.05, 4.69) is 43.8 Å². The van der Waals surface area contributed by atoms with Crippen LogP contribution in [0.3, 0.4) is 0 Å². The number of nitrogens with zero attached hydrogens (tertiary/aromatic N) is 3. The van der Waals surface area contributed by atoms with Crippen molar-refractivity contribution in [1.82, 2.24) is 20.2 Å². The smallest absolute Gasteiger partial charge is 0.273 e. The van der Waals surface area contributed by atoms with Crippen LogP contribution in [-0.4, -0.2) is 33.9 Å². The predicted molar refractivity (Wildman–Crippen MR) is 106 cm³/mol. The van der Waals surface area contributed by atoms with Crippen LogP contribution in [0.5, 0.6) is 0 Å². The van der Waals surface area contributed by atoms with E-state index in [4.69, 9.17) is 5.73 Å². The van der Waals surface area contributed by atoms with Gasteiger partial charge in [0.25, 0.3) is 5.91 Å². The van der Waals surface area contributed by atoms with Crippen LogP contribution in [-0.2, 0) is 13.0 Å². The van der Waals surface area contributed by atoms with Gasteiger partial charge in [0.05, 0.1) is 6.04 Å². The third kappa shape index (κ3) is 3.84. The van der Waals surface area contributed by atoms with Crippen molar-refractivity contribution in [2.75, 3.05) is 18.8 Å². The summed E-state index contributed by atoms with van der Waals surface area (Å²) in [5, 5.41) is 5.15. The van der Waals surface area contributed by atoms with Gasteiger partial charge in [-0.1, -0.05) is 30.3 Å². The van der Waals surface area contributed by atoms with Crippen molar-refractivity contribution in [3.05, 3.63) is 75.9 Å². The number of amides is 1. The summed E-state index contributed by atoms with van der Waals surface area (Å²) in [4.78, 5) is 24.4. The fourth-order valence-electron chi connectivity index (χ4n) is 3.47. The Labute approximate surface area is 162 Å². The zero-order valence-electron chi connectivity index (χ0n) is 14.8. The standard InChI is InChI=1S/C20H21N5OS/c21-19-18(22-8-9-23-19)20(26)24-12-16(14-4-2-1-3-5-14)25-10-6-17-15(13-25)7-11-27-17/h1-5,7-9,11,16H,6,10,12-13H2,(H2,21,23)(H,24,26). The molecule has 6 nitrogen and oxygen atoms in total. The number of nitrogens with two attached hydrogens (primary N) is 1. The molecule has 3 N–H and O–H groups in total. The van der Waals surface area contributed by atoms with Crippen molar-refractivity contribution >= 4 is 23.1 Å². The monoisotopic (exact) mass is 379 g/mol. The van der Waals surface area contributed by atoms with Gasteiger partial charge in [0.15, 0.2) is 11.5 Å². The molecule has 1 aliphatic heterocycles. The molecular weight excluding hydrogens is 358 g/mol. The molecule has 7 heteroatoms. The van der Waals surface area contributed by atoms with Crippen LogP contribution < -0.4 is 11.1 Å². The molecule has 3 aromatic rings. The molecule has 0 aliphatic carbocycles. The predicted octanol–water partition coefficient (Wildman–Crippen LogP) is 2.65. The lowest BCUT2D eigenvalue weighted by atomic mass is 10.0. The topological polar surface area (TPSA) is 84.1 Å². The first-order valence-electron chi connectivity index (χ1n) is 8.91. The molecule has 1 atom stereocenters. The summed E-state index contributed by atoms with van der Waals surface area (Å²) < 4.78 is 0. The fourth-order valence-corrected chi connectivity index (χ4v) is 4.36. The number of carbonyl (C=O) groups is 1. The average Bonchev–Trinajstić information content (AvgIpc) is 3.17. The number of hydrogen-bond acceptors (Lipinski definition) is 6. The lowest BCUT2D eigenvalue weighted by Gasteiger charge is -2.35. The minimum Gasteiger partial charge on any atom is -0.382 e. The first kappa shape index (κ1) is 17.6. The van der Waals surface area contributed by atoms with Crippen molar-refractivity contribution < 1.29 is 4.79 Å². The van der Waals surface area contributed by atoms with Crippen LogP contribution in [0.15, 0.2) is 54.2 Å². The van der Waals surface area contributed by atoms with Gasteiger partial charge in [-0.25, -0.2) is 9.97 Å². The Kier molecular flexibility index (Phi) is 5.13. The van der Waals surface area contributed by atoms with Gasteiger partial charge in [0.2, 0.25) is 0 Å². The molecule has 1 unspecified atom stereocenters. The molecule has 1 aromatic carbocycles. The van der Waals surface area contributed by atoms with E-state index in [1.165, 1.54) is 28.4 Å². The van der Waals surface area contributed by atoms with E-state index < -0.39 is 0 Å². The number of carbonyl (C=O) groups excluding carboxylic acids is 1. The highest BCUT2D eigenvalue weighted by atomic mass is 32.1. The molecule has 0 radical (unpaired) electrons. The minimum atomic E-state index is -0.297. The number of anilines is 1. The Morgan fingerprint density at radius 2 is 2.04 bits per heavy atom. The summed E-state index contributed by atoms with van der Waals surface area (Å²) in [5.74, 6) is -0.151. The maximum atomic E-state index is 12.5. The van der Waals surface area contributed by atoms with Crippen LogP contribution in [0.25, 0.3) is 0 Å². The molecule has 0 spiro atoms. The average molecular weight is 379 g/mol. The van der Waals surface area contributed by atoms with Gasteiger partial charge < -0.3 is 11.1 Å². The van der Waals surface area contributed by atoms with Gasteiger partial charge in [-0.15, -0.1) is 11.3 Å². The summed E-state index contributed by atoms with van der Waals surface area (Å²) in [5.41, 5.74) is 8.52. The molecule has 2 aromatic heterocycles. The van der Waals surface area contributed by atoms with E-state index in [-0.39, 0.29) is 23.5 Å². The second-order valence-electron chi connectivity index (χ2n) is 6.52. The van der Waals surface area contributed by atoms with E-state index >= 15 is 0 Å². The Balaban J connectivity index is 1.53. The molecular formula is C20H21N5OS. The lowest BCUT2D eigenvalue weighted by molar-refractivity contribution is 0.0924. The number of benzene rings is 1. The maximum absolute atomic E-state index is 12.5. The maximum Gasteiger partial charge on any atom is 0.273 e. The van der Waals surface area contributed by atoms with E-state index in [1.54, 1.807) is 0 Å². The zero-order valence-corrected chi connectivity index (χ0v) is 15.7. The molecule has 4 rings (SSSR count). The highest BCUT2D eigenvalue weighted by Gasteiger charge is 2.26. The first-order chi connectivity index (χ1) is 13.2. The van der Waals surface area contributed by atoms with Gasteiger partial charge in [-0.2, -0.15) is 0 Å². The molecule has 138 valence electrons. The van der Waals surface area contributed by atoms with Gasteiger partial charge in [-0.3, -0.25) is 9.69 Å².